The summed E-state index contributed by atoms with van der Waals surface area (Å²) >= 11 is 1.81. The molecule has 17 heavy (non-hydrogen) atoms. The Balaban J connectivity index is 1.88. The van der Waals surface area contributed by atoms with E-state index in [9.17, 15) is 0 Å². The van der Waals surface area contributed by atoms with Crippen molar-refractivity contribution in [1.29, 1.82) is 0 Å². The zero-order valence-corrected chi connectivity index (χ0v) is 11.3. The first-order valence-corrected chi connectivity index (χ1v) is 6.55. The van der Waals surface area contributed by atoms with E-state index in [1.54, 1.807) is 6.33 Å². The van der Waals surface area contributed by atoms with Crippen molar-refractivity contribution >= 4 is 11.3 Å². The molecule has 0 spiro atoms. The number of rotatable bonds is 5. The predicted molar refractivity (Wildman–Crippen MR) is 70.1 cm³/mol. The fourth-order valence-electron chi connectivity index (χ4n) is 1.70. The average Bonchev–Trinajstić information content (AvgIpc) is 2.90. The summed E-state index contributed by atoms with van der Waals surface area (Å²) in [6, 6.07) is 4.29. The lowest BCUT2D eigenvalue weighted by Crippen LogP contribution is -2.32. The van der Waals surface area contributed by atoms with E-state index < -0.39 is 0 Å². The van der Waals surface area contributed by atoms with Gasteiger partial charge in [0.1, 0.15) is 12.2 Å². The van der Waals surface area contributed by atoms with Gasteiger partial charge in [-0.05, 0) is 11.4 Å². The molecule has 2 rings (SSSR count). The molecule has 0 aliphatic rings. The second-order valence-electron chi connectivity index (χ2n) is 4.82. The third-order valence-electron chi connectivity index (χ3n) is 2.84. The van der Waals surface area contributed by atoms with E-state index in [1.807, 2.05) is 23.0 Å². The molecule has 0 aliphatic carbocycles. The van der Waals surface area contributed by atoms with Gasteiger partial charge < -0.3 is 9.88 Å². The summed E-state index contributed by atoms with van der Waals surface area (Å²) in [7, 11) is 1.96. The van der Waals surface area contributed by atoms with Gasteiger partial charge in [-0.25, -0.2) is 0 Å². The van der Waals surface area contributed by atoms with E-state index in [2.05, 4.69) is 46.9 Å². The zero-order valence-electron chi connectivity index (χ0n) is 10.5. The molecule has 0 amide bonds. The van der Waals surface area contributed by atoms with Crippen molar-refractivity contribution in [3.63, 3.8) is 0 Å². The van der Waals surface area contributed by atoms with E-state index in [4.69, 9.17) is 0 Å². The van der Waals surface area contributed by atoms with Crippen LogP contribution in [0.25, 0.3) is 0 Å². The summed E-state index contributed by atoms with van der Waals surface area (Å²) in [6.45, 7) is 6.19. The maximum absolute atomic E-state index is 4.05. The number of hydrogen-bond donors (Lipinski definition) is 1. The van der Waals surface area contributed by atoms with Crippen LogP contribution in [0.1, 0.15) is 24.5 Å². The highest BCUT2D eigenvalue weighted by Gasteiger charge is 2.21. The highest BCUT2D eigenvalue weighted by molar-refractivity contribution is 7.10. The minimum absolute atomic E-state index is 0.159. The van der Waals surface area contributed by atoms with Crippen LogP contribution in [0.2, 0.25) is 0 Å². The van der Waals surface area contributed by atoms with Gasteiger partial charge in [0.15, 0.2) is 0 Å². The van der Waals surface area contributed by atoms with Gasteiger partial charge >= 0.3 is 0 Å². The second-order valence-corrected chi connectivity index (χ2v) is 5.77. The van der Waals surface area contributed by atoms with Crippen LogP contribution in [0, 0.1) is 0 Å². The molecule has 0 aromatic carbocycles. The maximum Gasteiger partial charge on any atom is 0.146 e. The highest BCUT2D eigenvalue weighted by atomic mass is 32.1. The van der Waals surface area contributed by atoms with Crippen molar-refractivity contribution in [2.24, 2.45) is 7.05 Å². The van der Waals surface area contributed by atoms with Crippen molar-refractivity contribution in [3.05, 3.63) is 34.5 Å². The standard InChI is InChI=1S/C12H18N4S/c1-12(2,10-5-4-6-17-10)8-13-7-11-15-14-9-16(11)3/h4-6,9,13H,7-8H2,1-3H3. The number of hydrogen-bond acceptors (Lipinski definition) is 4. The Labute approximate surface area is 106 Å². The molecule has 0 saturated carbocycles. The molecule has 0 fully saturated rings. The summed E-state index contributed by atoms with van der Waals surface area (Å²) in [6.07, 6.45) is 1.72. The first kappa shape index (κ1) is 12.3. The molecule has 0 radical (unpaired) electrons. The first-order valence-electron chi connectivity index (χ1n) is 5.67. The molecule has 0 aliphatic heterocycles. The van der Waals surface area contributed by atoms with Crippen LogP contribution in [0.3, 0.4) is 0 Å². The first-order chi connectivity index (χ1) is 8.09. The van der Waals surface area contributed by atoms with E-state index in [1.165, 1.54) is 4.88 Å². The fourth-order valence-corrected chi connectivity index (χ4v) is 2.56. The topological polar surface area (TPSA) is 42.7 Å². The Kier molecular flexibility index (Phi) is 3.59. The molecule has 0 atom stereocenters. The molecule has 2 aromatic heterocycles. The predicted octanol–water partition coefficient (Wildman–Crippen LogP) is 1.94. The largest absolute Gasteiger partial charge is 0.320 e. The summed E-state index contributed by atoms with van der Waals surface area (Å²) in [5.41, 5.74) is 0.159. The van der Waals surface area contributed by atoms with Gasteiger partial charge in [-0.3, -0.25) is 0 Å². The Hall–Kier alpha value is -1.20. The average molecular weight is 250 g/mol. The van der Waals surface area contributed by atoms with E-state index in [0.717, 1.165) is 18.9 Å². The SMILES string of the molecule is Cn1cnnc1CNCC(C)(C)c1cccs1. The van der Waals surface area contributed by atoms with Crippen molar-refractivity contribution < 1.29 is 0 Å². The molecule has 0 unspecified atom stereocenters. The van der Waals surface area contributed by atoms with Gasteiger partial charge in [-0.15, -0.1) is 21.5 Å². The molecule has 92 valence electrons. The lowest BCUT2D eigenvalue weighted by atomic mass is 9.91. The minimum Gasteiger partial charge on any atom is -0.320 e. The van der Waals surface area contributed by atoms with Crippen LogP contribution < -0.4 is 5.32 Å². The van der Waals surface area contributed by atoms with E-state index in [0.29, 0.717) is 0 Å². The second kappa shape index (κ2) is 4.98. The lowest BCUT2D eigenvalue weighted by Gasteiger charge is -2.23. The van der Waals surface area contributed by atoms with E-state index >= 15 is 0 Å². The smallest absolute Gasteiger partial charge is 0.146 e. The van der Waals surface area contributed by atoms with Crippen molar-refractivity contribution in [3.8, 4) is 0 Å². The molecule has 0 saturated heterocycles. The molecule has 5 heteroatoms. The monoisotopic (exact) mass is 250 g/mol. The van der Waals surface area contributed by atoms with Crippen molar-refractivity contribution in [2.75, 3.05) is 6.54 Å². The number of nitrogens with zero attached hydrogens (tertiary/aromatic N) is 3. The Bertz CT molecular complexity index is 459. The molecule has 2 aromatic rings. The molecular formula is C12H18N4S. The van der Waals surface area contributed by atoms with Gasteiger partial charge in [0.05, 0.1) is 6.54 Å². The van der Waals surface area contributed by atoms with Crippen LogP contribution in [-0.2, 0) is 19.0 Å². The maximum atomic E-state index is 4.05. The summed E-state index contributed by atoms with van der Waals surface area (Å²) in [5, 5.41) is 13.5. The Morgan fingerprint density at radius 3 is 2.88 bits per heavy atom. The van der Waals surface area contributed by atoms with Crippen molar-refractivity contribution in [1.82, 2.24) is 20.1 Å². The van der Waals surface area contributed by atoms with E-state index in [-0.39, 0.29) is 5.41 Å². The van der Waals surface area contributed by atoms with Crippen LogP contribution >= 0.6 is 11.3 Å². The fraction of sp³-hybridized carbons (Fsp3) is 0.500. The van der Waals surface area contributed by atoms with Gasteiger partial charge in [-0.1, -0.05) is 19.9 Å². The van der Waals surface area contributed by atoms with Gasteiger partial charge in [0, 0.05) is 23.9 Å². The number of aryl methyl sites for hydroxylation is 1. The van der Waals surface area contributed by atoms with Crippen LogP contribution in [0.15, 0.2) is 23.8 Å². The molecular weight excluding hydrogens is 232 g/mol. The third kappa shape index (κ3) is 2.92. The minimum atomic E-state index is 0.159. The highest BCUT2D eigenvalue weighted by Crippen LogP contribution is 2.26. The summed E-state index contributed by atoms with van der Waals surface area (Å²) < 4.78 is 1.94. The third-order valence-corrected chi connectivity index (χ3v) is 4.08. The van der Waals surface area contributed by atoms with Gasteiger partial charge in [0.25, 0.3) is 0 Å². The van der Waals surface area contributed by atoms with Crippen LogP contribution in [0.4, 0.5) is 0 Å². The molecule has 1 N–H and O–H groups in total. The summed E-state index contributed by atoms with van der Waals surface area (Å²) in [4.78, 5) is 1.41. The number of nitrogens with one attached hydrogen (secondary N) is 1. The van der Waals surface area contributed by atoms with Crippen LogP contribution in [0.5, 0.6) is 0 Å². The van der Waals surface area contributed by atoms with Crippen molar-refractivity contribution in [2.45, 2.75) is 25.8 Å². The summed E-state index contributed by atoms with van der Waals surface area (Å²) in [5.74, 6) is 0.965. The quantitative estimate of drug-likeness (QED) is 0.882. The van der Waals surface area contributed by atoms with Gasteiger partial charge in [0.2, 0.25) is 0 Å². The number of aromatic nitrogens is 3. The normalized spacial score (nSPS) is 11.9. The number of thiophene rings is 1. The Morgan fingerprint density at radius 1 is 1.47 bits per heavy atom. The lowest BCUT2D eigenvalue weighted by molar-refractivity contribution is 0.468. The molecule has 4 nitrogen and oxygen atoms in total. The zero-order chi connectivity index (χ0) is 12.3. The molecule has 0 bridgehead atoms. The molecule has 2 heterocycles. The Morgan fingerprint density at radius 2 is 2.29 bits per heavy atom. The van der Waals surface area contributed by atoms with Gasteiger partial charge in [-0.2, -0.15) is 0 Å². The van der Waals surface area contributed by atoms with Crippen LogP contribution in [-0.4, -0.2) is 21.3 Å².